The normalized spacial score (nSPS) is 16.2. The maximum Gasteiger partial charge on any atom is 0.257 e. The molecule has 1 aliphatic heterocycles. The van der Waals surface area contributed by atoms with Gasteiger partial charge in [0.15, 0.2) is 0 Å². The fourth-order valence-electron chi connectivity index (χ4n) is 2.41. The molecule has 21 heavy (non-hydrogen) atoms. The van der Waals surface area contributed by atoms with E-state index in [1.54, 1.807) is 4.90 Å². The van der Waals surface area contributed by atoms with Gasteiger partial charge in [-0.05, 0) is 37.9 Å². The number of nitrogens with zero attached hydrogens (tertiary/aromatic N) is 1. The molecule has 0 radical (unpaired) electrons. The third-order valence-corrected chi connectivity index (χ3v) is 3.62. The standard InChI is InChI=1S/C15H21FN2O3/c16-11-2-3-13(14(19)10-11)15(20)18-7-4-12(5-8-18)21-9-1-6-17/h2-3,10,12,19H,1,4-9,17H2. The minimum atomic E-state index is -0.559. The van der Waals surface area contributed by atoms with E-state index in [9.17, 15) is 14.3 Å². The second kappa shape index (κ2) is 7.38. The van der Waals surface area contributed by atoms with Crippen LogP contribution in [0.25, 0.3) is 0 Å². The van der Waals surface area contributed by atoms with Crippen LogP contribution in [0.4, 0.5) is 4.39 Å². The van der Waals surface area contributed by atoms with Crippen LogP contribution in [0, 0.1) is 5.82 Å². The number of hydrogen-bond donors (Lipinski definition) is 2. The lowest BCUT2D eigenvalue weighted by molar-refractivity contribution is 0.00838. The molecule has 0 saturated carbocycles. The second-order valence-corrected chi connectivity index (χ2v) is 5.17. The highest BCUT2D eigenvalue weighted by Crippen LogP contribution is 2.22. The highest BCUT2D eigenvalue weighted by Gasteiger charge is 2.25. The number of piperidine rings is 1. The van der Waals surface area contributed by atoms with E-state index in [0.717, 1.165) is 25.3 Å². The summed E-state index contributed by atoms with van der Waals surface area (Å²) in [5.74, 6) is -1.15. The predicted octanol–water partition coefficient (Wildman–Crippen LogP) is 1.50. The molecule has 0 aliphatic carbocycles. The van der Waals surface area contributed by atoms with Gasteiger partial charge in [0.2, 0.25) is 0 Å². The number of amides is 1. The number of ether oxygens (including phenoxy) is 1. The minimum absolute atomic E-state index is 0.138. The molecule has 116 valence electrons. The monoisotopic (exact) mass is 296 g/mol. The first-order valence-corrected chi connectivity index (χ1v) is 7.21. The van der Waals surface area contributed by atoms with Gasteiger partial charge in [0.05, 0.1) is 11.7 Å². The maximum absolute atomic E-state index is 12.9. The summed E-state index contributed by atoms with van der Waals surface area (Å²) >= 11 is 0. The Hall–Kier alpha value is -1.66. The van der Waals surface area contributed by atoms with Crippen molar-refractivity contribution in [3.63, 3.8) is 0 Å². The fourth-order valence-corrected chi connectivity index (χ4v) is 2.41. The zero-order valence-corrected chi connectivity index (χ0v) is 11.9. The van der Waals surface area contributed by atoms with Gasteiger partial charge in [-0.1, -0.05) is 0 Å². The Bertz CT molecular complexity index is 488. The Morgan fingerprint density at radius 1 is 1.43 bits per heavy atom. The molecule has 1 heterocycles. The van der Waals surface area contributed by atoms with Crippen molar-refractivity contribution in [1.82, 2.24) is 4.90 Å². The summed E-state index contributed by atoms with van der Waals surface area (Å²) in [5.41, 5.74) is 5.55. The maximum atomic E-state index is 12.9. The number of nitrogens with two attached hydrogens (primary N) is 1. The van der Waals surface area contributed by atoms with Crippen molar-refractivity contribution in [2.45, 2.75) is 25.4 Å². The summed E-state index contributed by atoms with van der Waals surface area (Å²) < 4.78 is 18.6. The molecule has 0 unspecified atom stereocenters. The van der Waals surface area contributed by atoms with Crippen molar-refractivity contribution in [3.05, 3.63) is 29.6 Å². The lowest BCUT2D eigenvalue weighted by atomic mass is 10.1. The molecular formula is C15H21FN2O3. The number of rotatable bonds is 5. The zero-order valence-electron chi connectivity index (χ0n) is 11.9. The third kappa shape index (κ3) is 4.15. The first kappa shape index (κ1) is 15.7. The molecule has 5 nitrogen and oxygen atoms in total. The van der Waals surface area contributed by atoms with Crippen molar-refractivity contribution >= 4 is 5.91 Å². The average Bonchev–Trinajstić information content (AvgIpc) is 2.48. The van der Waals surface area contributed by atoms with Crippen LogP contribution in [0.1, 0.15) is 29.6 Å². The molecule has 1 aromatic rings. The zero-order chi connectivity index (χ0) is 15.2. The van der Waals surface area contributed by atoms with Crippen molar-refractivity contribution < 1.29 is 19.0 Å². The Morgan fingerprint density at radius 2 is 2.14 bits per heavy atom. The van der Waals surface area contributed by atoms with Crippen LogP contribution >= 0.6 is 0 Å². The fraction of sp³-hybridized carbons (Fsp3) is 0.533. The topological polar surface area (TPSA) is 75.8 Å². The number of hydrogen-bond acceptors (Lipinski definition) is 4. The number of benzene rings is 1. The number of aromatic hydroxyl groups is 1. The largest absolute Gasteiger partial charge is 0.507 e. The van der Waals surface area contributed by atoms with Crippen LogP contribution in [-0.4, -0.2) is 48.3 Å². The number of phenols is 1. The molecule has 0 spiro atoms. The van der Waals surface area contributed by atoms with Crippen LogP contribution < -0.4 is 5.73 Å². The van der Waals surface area contributed by atoms with Gasteiger partial charge < -0.3 is 20.5 Å². The third-order valence-electron chi connectivity index (χ3n) is 3.62. The van der Waals surface area contributed by atoms with E-state index >= 15 is 0 Å². The van der Waals surface area contributed by atoms with Gasteiger partial charge in [-0.3, -0.25) is 4.79 Å². The van der Waals surface area contributed by atoms with E-state index < -0.39 is 5.82 Å². The SMILES string of the molecule is NCCCOC1CCN(C(=O)c2ccc(F)cc2O)CC1. The van der Waals surface area contributed by atoms with E-state index in [-0.39, 0.29) is 23.3 Å². The molecule has 3 N–H and O–H groups in total. The number of carbonyl (C=O) groups is 1. The lowest BCUT2D eigenvalue weighted by Gasteiger charge is -2.32. The Morgan fingerprint density at radius 3 is 2.76 bits per heavy atom. The summed E-state index contributed by atoms with van der Waals surface area (Å²) in [5, 5.41) is 9.66. The van der Waals surface area contributed by atoms with E-state index in [4.69, 9.17) is 10.5 Å². The molecule has 6 heteroatoms. The first-order chi connectivity index (χ1) is 10.1. The summed E-state index contributed by atoms with van der Waals surface area (Å²) in [6.45, 7) is 2.40. The van der Waals surface area contributed by atoms with Gasteiger partial charge in [-0.2, -0.15) is 0 Å². The van der Waals surface area contributed by atoms with E-state index in [1.807, 2.05) is 0 Å². The molecule has 1 fully saturated rings. The summed E-state index contributed by atoms with van der Waals surface area (Å²) in [6, 6.07) is 3.45. The van der Waals surface area contributed by atoms with Crippen molar-refractivity contribution in [1.29, 1.82) is 0 Å². The molecule has 1 amide bonds. The quantitative estimate of drug-likeness (QED) is 0.807. The molecule has 1 aliphatic rings. The van der Waals surface area contributed by atoms with Crippen LogP contribution in [-0.2, 0) is 4.74 Å². The summed E-state index contributed by atoms with van der Waals surface area (Å²) in [7, 11) is 0. The second-order valence-electron chi connectivity index (χ2n) is 5.17. The predicted molar refractivity (Wildman–Crippen MR) is 76.6 cm³/mol. The molecule has 0 aromatic heterocycles. The number of halogens is 1. The van der Waals surface area contributed by atoms with Gasteiger partial charge in [0.25, 0.3) is 5.91 Å². The molecular weight excluding hydrogens is 275 g/mol. The lowest BCUT2D eigenvalue weighted by Crippen LogP contribution is -2.41. The summed E-state index contributed by atoms with van der Waals surface area (Å²) in [6.07, 6.45) is 2.52. The smallest absolute Gasteiger partial charge is 0.257 e. The Labute approximate surface area is 123 Å². The van der Waals surface area contributed by atoms with Gasteiger partial charge in [-0.25, -0.2) is 4.39 Å². The average molecular weight is 296 g/mol. The van der Waals surface area contributed by atoms with Crippen LogP contribution in [0.3, 0.4) is 0 Å². The first-order valence-electron chi connectivity index (χ1n) is 7.21. The van der Waals surface area contributed by atoms with E-state index in [1.165, 1.54) is 12.1 Å². The van der Waals surface area contributed by atoms with Gasteiger partial charge in [0, 0.05) is 25.8 Å². The highest BCUT2D eigenvalue weighted by atomic mass is 19.1. The Kier molecular flexibility index (Phi) is 5.52. The van der Waals surface area contributed by atoms with Gasteiger partial charge >= 0.3 is 0 Å². The minimum Gasteiger partial charge on any atom is -0.507 e. The van der Waals surface area contributed by atoms with Crippen LogP contribution in [0.5, 0.6) is 5.75 Å². The van der Waals surface area contributed by atoms with Crippen molar-refractivity contribution in [3.8, 4) is 5.75 Å². The van der Waals surface area contributed by atoms with E-state index in [2.05, 4.69) is 0 Å². The molecule has 2 rings (SSSR count). The number of likely N-dealkylation sites (tertiary alicyclic amines) is 1. The molecule has 0 bridgehead atoms. The molecule has 1 aromatic carbocycles. The summed E-state index contributed by atoms with van der Waals surface area (Å²) in [4.78, 5) is 13.9. The highest BCUT2D eigenvalue weighted by molar-refractivity contribution is 5.96. The molecule has 1 saturated heterocycles. The number of carbonyl (C=O) groups excluding carboxylic acids is 1. The van der Waals surface area contributed by atoms with Gasteiger partial charge in [-0.15, -0.1) is 0 Å². The van der Waals surface area contributed by atoms with Crippen LogP contribution in [0.2, 0.25) is 0 Å². The Balaban J connectivity index is 1.88. The molecule has 0 atom stereocenters. The van der Waals surface area contributed by atoms with Crippen molar-refractivity contribution in [2.24, 2.45) is 5.73 Å². The van der Waals surface area contributed by atoms with Crippen LogP contribution in [0.15, 0.2) is 18.2 Å². The number of phenolic OH excluding ortho intramolecular Hbond substituents is 1. The van der Waals surface area contributed by atoms with Crippen molar-refractivity contribution in [2.75, 3.05) is 26.2 Å². The van der Waals surface area contributed by atoms with Gasteiger partial charge in [0.1, 0.15) is 11.6 Å². The van der Waals surface area contributed by atoms with E-state index in [0.29, 0.717) is 26.2 Å².